The van der Waals surface area contributed by atoms with Gasteiger partial charge in [0, 0.05) is 16.0 Å². The zero-order valence-corrected chi connectivity index (χ0v) is 16.0. The largest absolute Gasteiger partial charge is 0.300 e. The highest BCUT2D eigenvalue weighted by Gasteiger charge is 2.26. The molecule has 0 atom stereocenters. The number of benzene rings is 2. The lowest BCUT2D eigenvalue weighted by molar-refractivity contribution is -0.119. The normalized spacial score (nSPS) is 11.8. The molecule has 0 saturated heterocycles. The Morgan fingerprint density at radius 3 is 2.04 bits per heavy atom. The van der Waals surface area contributed by atoms with Crippen LogP contribution in [0.15, 0.2) is 53.5 Å². The molecule has 0 aromatic heterocycles. The van der Waals surface area contributed by atoms with E-state index in [1.165, 1.54) is 6.92 Å². The van der Waals surface area contributed by atoms with Gasteiger partial charge in [-0.3, -0.25) is 20.4 Å². The molecular weight excluding hydrogens is 350 g/mol. The summed E-state index contributed by atoms with van der Waals surface area (Å²) >= 11 is 5.89. The van der Waals surface area contributed by atoms with Crippen LogP contribution in [0.2, 0.25) is 5.02 Å². The summed E-state index contributed by atoms with van der Waals surface area (Å²) < 4.78 is 0. The van der Waals surface area contributed by atoms with Gasteiger partial charge in [-0.1, -0.05) is 32.4 Å². The first-order chi connectivity index (χ1) is 12.2. The third-order valence-corrected chi connectivity index (χ3v) is 3.83. The maximum Gasteiger partial charge on any atom is 0.204 e. The molecule has 0 heterocycles. The molecule has 2 aromatic rings. The molecular formula is C20H22ClN3O2. The molecule has 26 heavy (non-hydrogen) atoms. The van der Waals surface area contributed by atoms with E-state index in [-0.39, 0.29) is 17.4 Å². The van der Waals surface area contributed by atoms with Gasteiger partial charge in [-0.25, -0.2) is 4.99 Å². The number of nitrogens with one attached hydrogen (secondary N) is 2. The van der Waals surface area contributed by atoms with Crippen LogP contribution < -0.4 is 10.9 Å². The van der Waals surface area contributed by atoms with Gasteiger partial charge >= 0.3 is 0 Å². The topological polar surface area (TPSA) is 70.6 Å². The van der Waals surface area contributed by atoms with E-state index in [0.717, 1.165) is 0 Å². The molecule has 2 rings (SSSR count). The number of rotatable bonds is 5. The van der Waals surface area contributed by atoms with Crippen molar-refractivity contribution < 1.29 is 9.59 Å². The van der Waals surface area contributed by atoms with Crippen LogP contribution in [0.3, 0.4) is 0 Å². The maximum atomic E-state index is 12.7. The van der Waals surface area contributed by atoms with E-state index in [2.05, 4.69) is 15.8 Å². The first-order valence-electron chi connectivity index (χ1n) is 8.19. The third-order valence-electron chi connectivity index (χ3n) is 3.58. The van der Waals surface area contributed by atoms with Gasteiger partial charge in [0.25, 0.3) is 0 Å². The second-order valence-electron chi connectivity index (χ2n) is 6.90. The molecule has 0 bridgehead atoms. The molecule has 6 heteroatoms. The maximum absolute atomic E-state index is 12.7. The Hall–Kier alpha value is -2.66. The number of hydrazine groups is 1. The number of carbonyl (C=O) groups excluding carboxylic acids is 2. The molecule has 0 unspecified atom stereocenters. The standard InChI is InChI=1S/C20H22ClN3O2/c1-13(25)14-5-9-17(10-6-14)23-24-19(18(26)20(2,3)4)22-16-11-7-15(21)8-12-16/h5-12,23H,1-4H3,(H,22,24). The smallest absolute Gasteiger partial charge is 0.204 e. The molecule has 0 saturated carbocycles. The molecule has 0 amide bonds. The molecule has 2 aromatic carbocycles. The van der Waals surface area contributed by atoms with Gasteiger partial charge in [0.1, 0.15) is 0 Å². The SMILES string of the molecule is CC(=O)c1ccc(NNC(=Nc2ccc(Cl)cc2)C(=O)C(C)(C)C)cc1. The fourth-order valence-electron chi connectivity index (χ4n) is 2.06. The van der Waals surface area contributed by atoms with Gasteiger partial charge in [0.2, 0.25) is 5.78 Å². The van der Waals surface area contributed by atoms with Crippen molar-refractivity contribution in [3.05, 3.63) is 59.1 Å². The fraction of sp³-hybridized carbons (Fsp3) is 0.250. The van der Waals surface area contributed by atoms with Gasteiger partial charge in [0.05, 0.1) is 11.4 Å². The van der Waals surface area contributed by atoms with Gasteiger partial charge in [-0.15, -0.1) is 0 Å². The minimum Gasteiger partial charge on any atom is -0.300 e. The van der Waals surface area contributed by atoms with E-state index < -0.39 is 5.41 Å². The lowest BCUT2D eigenvalue weighted by atomic mass is 9.90. The van der Waals surface area contributed by atoms with Crippen molar-refractivity contribution in [3.63, 3.8) is 0 Å². The average molecular weight is 372 g/mol. The number of anilines is 1. The Morgan fingerprint density at radius 2 is 1.54 bits per heavy atom. The number of Topliss-reactive ketones (excluding diaryl/α,β-unsaturated/α-hetero) is 2. The van der Waals surface area contributed by atoms with Crippen LogP contribution >= 0.6 is 11.6 Å². The number of amidine groups is 1. The summed E-state index contributed by atoms with van der Waals surface area (Å²) in [6.45, 7) is 7.00. The van der Waals surface area contributed by atoms with Crippen LogP contribution in [-0.4, -0.2) is 17.4 Å². The van der Waals surface area contributed by atoms with E-state index in [1.54, 1.807) is 48.5 Å². The summed E-state index contributed by atoms with van der Waals surface area (Å²) in [6.07, 6.45) is 0. The Kier molecular flexibility index (Phi) is 6.16. The molecule has 0 aliphatic heterocycles. The minimum atomic E-state index is -0.599. The second-order valence-corrected chi connectivity index (χ2v) is 7.34. The predicted molar refractivity (Wildman–Crippen MR) is 106 cm³/mol. The molecule has 0 fully saturated rings. The Labute approximate surface area is 158 Å². The zero-order valence-electron chi connectivity index (χ0n) is 15.3. The minimum absolute atomic E-state index is 0.00240. The second kappa shape index (κ2) is 8.15. The molecule has 2 N–H and O–H groups in total. The van der Waals surface area contributed by atoms with E-state index in [1.807, 2.05) is 20.8 Å². The van der Waals surface area contributed by atoms with Gasteiger partial charge in [-0.05, 0) is 55.5 Å². The van der Waals surface area contributed by atoms with Crippen LogP contribution in [0.4, 0.5) is 11.4 Å². The Balaban J connectivity index is 2.22. The van der Waals surface area contributed by atoms with E-state index in [9.17, 15) is 9.59 Å². The summed E-state index contributed by atoms with van der Waals surface area (Å²) in [5.74, 6) is 0.0492. The Morgan fingerprint density at radius 1 is 0.962 bits per heavy atom. The highest BCUT2D eigenvalue weighted by atomic mass is 35.5. The van der Waals surface area contributed by atoms with Crippen LogP contribution in [0.5, 0.6) is 0 Å². The van der Waals surface area contributed by atoms with Gasteiger partial charge < -0.3 is 0 Å². The lowest BCUT2D eigenvalue weighted by Crippen LogP contribution is -2.41. The summed E-state index contributed by atoms with van der Waals surface area (Å²) in [5, 5.41) is 0.601. The first kappa shape index (κ1) is 19.7. The van der Waals surface area contributed by atoms with Crippen molar-refractivity contribution in [2.24, 2.45) is 10.4 Å². The molecule has 0 spiro atoms. The zero-order chi connectivity index (χ0) is 19.3. The van der Waals surface area contributed by atoms with Crippen LogP contribution in [0, 0.1) is 5.41 Å². The number of hydrogen-bond acceptors (Lipinski definition) is 4. The summed E-state index contributed by atoms with van der Waals surface area (Å²) in [5.41, 5.74) is 7.19. The van der Waals surface area contributed by atoms with Crippen molar-refractivity contribution in [2.45, 2.75) is 27.7 Å². The molecule has 0 radical (unpaired) electrons. The Bertz CT molecular complexity index is 820. The average Bonchev–Trinajstić information content (AvgIpc) is 2.59. The number of aliphatic imine (C=N–C) groups is 1. The first-order valence-corrected chi connectivity index (χ1v) is 8.57. The number of ketones is 2. The summed E-state index contributed by atoms with van der Waals surface area (Å²) in [4.78, 5) is 28.4. The van der Waals surface area contributed by atoms with E-state index in [0.29, 0.717) is 22.0 Å². The van der Waals surface area contributed by atoms with Gasteiger partial charge in [-0.2, -0.15) is 0 Å². The summed E-state index contributed by atoms with van der Waals surface area (Å²) in [7, 11) is 0. The van der Waals surface area contributed by atoms with Crippen LogP contribution in [0.1, 0.15) is 38.1 Å². The highest BCUT2D eigenvalue weighted by molar-refractivity contribution is 6.41. The van der Waals surface area contributed by atoms with Crippen LogP contribution in [0.25, 0.3) is 0 Å². The third kappa shape index (κ3) is 5.43. The number of carbonyl (C=O) groups is 2. The van der Waals surface area contributed by atoms with Crippen LogP contribution in [-0.2, 0) is 4.79 Å². The van der Waals surface area contributed by atoms with Crippen molar-refractivity contribution in [3.8, 4) is 0 Å². The molecule has 0 aliphatic carbocycles. The number of hydrogen-bond donors (Lipinski definition) is 2. The quantitative estimate of drug-likeness (QED) is 0.342. The van der Waals surface area contributed by atoms with Gasteiger partial charge in [0.15, 0.2) is 11.6 Å². The lowest BCUT2D eigenvalue weighted by Gasteiger charge is -2.20. The van der Waals surface area contributed by atoms with Crippen molar-refractivity contribution in [2.75, 3.05) is 5.43 Å². The fourth-order valence-corrected chi connectivity index (χ4v) is 2.18. The highest BCUT2D eigenvalue weighted by Crippen LogP contribution is 2.20. The predicted octanol–water partition coefficient (Wildman–Crippen LogP) is 4.80. The van der Waals surface area contributed by atoms with Crippen molar-refractivity contribution in [1.82, 2.24) is 5.43 Å². The van der Waals surface area contributed by atoms with E-state index in [4.69, 9.17) is 11.6 Å². The molecule has 5 nitrogen and oxygen atoms in total. The summed E-state index contributed by atoms with van der Waals surface area (Å²) in [6, 6.07) is 13.8. The van der Waals surface area contributed by atoms with E-state index >= 15 is 0 Å². The monoisotopic (exact) mass is 371 g/mol. The number of nitrogens with zero attached hydrogens (tertiary/aromatic N) is 1. The number of halogens is 1. The molecule has 0 aliphatic rings. The van der Waals surface area contributed by atoms with Crippen molar-refractivity contribution in [1.29, 1.82) is 0 Å². The molecule has 136 valence electrons. The van der Waals surface area contributed by atoms with Crippen molar-refractivity contribution >= 4 is 40.4 Å².